The summed E-state index contributed by atoms with van der Waals surface area (Å²) in [4.78, 5) is 2.06. The van der Waals surface area contributed by atoms with Crippen LogP contribution in [0.1, 0.15) is 11.6 Å². The SMILES string of the molecule is CN(C)C(c1cc(Cl)ccc1F)C1CNC1. The third-order valence-electron chi connectivity index (χ3n) is 3.09. The van der Waals surface area contributed by atoms with Crippen LogP contribution >= 0.6 is 11.6 Å². The molecule has 0 bridgehead atoms. The molecule has 0 saturated carbocycles. The molecule has 0 aliphatic carbocycles. The third-order valence-corrected chi connectivity index (χ3v) is 3.33. The van der Waals surface area contributed by atoms with Gasteiger partial charge in [0.25, 0.3) is 0 Å². The van der Waals surface area contributed by atoms with Crippen LogP contribution in [0.4, 0.5) is 4.39 Å². The van der Waals surface area contributed by atoms with Crippen molar-refractivity contribution in [3.8, 4) is 0 Å². The molecule has 1 saturated heterocycles. The van der Waals surface area contributed by atoms with Gasteiger partial charge in [0.15, 0.2) is 0 Å². The van der Waals surface area contributed by atoms with E-state index in [1.54, 1.807) is 12.1 Å². The van der Waals surface area contributed by atoms with Crippen molar-refractivity contribution < 1.29 is 4.39 Å². The first-order chi connectivity index (χ1) is 7.59. The number of halogens is 2. The number of nitrogens with zero attached hydrogens (tertiary/aromatic N) is 1. The second-order valence-electron chi connectivity index (χ2n) is 4.49. The van der Waals surface area contributed by atoms with Gasteiger partial charge in [-0.2, -0.15) is 0 Å². The molecule has 1 N–H and O–H groups in total. The van der Waals surface area contributed by atoms with Crippen LogP contribution in [0.2, 0.25) is 5.02 Å². The Morgan fingerprint density at radius 3 is 2.62 bits per heavy atom. The van der Waals surface area contributed by atoms with Crippen molar-refractivity contribution >= 4 is 11.6 Å². The monoisotopic (exact) mass is 242 g/mol. The highest BCUT2D eigenvalue weighted by Gasteiger charge is 2.31. The quantitative estimate of drug-likeness (QED) is 0.875. The maximum atomic E-state index is 13.8. The first kappa shape index (κ1) is 11.8. The predicted octanol–water partition coefficient (Wildman–Crippen LogP) is 2.30. The number of hydrogen-bond acceptors (Lipinski definition) is 2. The van der Waals surface area contributed by atoms with E-state index < -0.39 is 0 Å². The van der Waals surface area contributed by atoms with Crippen molar-refractivity contribution in [3.63, 3.8) is 0 Å². The van der Waals surface area contributed by atoms with E-state index in [1.807, 2.05) is 14.1 Å². The highest BCUT2D eigenvalue weighted by molar-refractivity contribution is 6.30. The smallest absolute Gasteiger partial charge is 0.128 e. The average Bonchev–Trinajstić information content (AvgIpc) is 2.15. The molecule has 4 heteroatoms. The minimum atomic E-state index is -0.171. The molecule has 2 nitrogen and oxygen atoms in total. The lowest BCUT2D eigenvalue weighted by Gasteiger charge is -2.39. The molecule has 1 unspecified atom stereocenters. The lowest BCUT2D eigenvalue weighted by Crippen LogP contribution is -2.48. The van der Waals surface area contributed by atoms with Crippen LogP contribution in [-0.4, -0.2) is 32.1 Å². The van der Waals surface area contributed by atoms with Gasteiger partial charge in [0.1, 0.15) is 5.82 Å². The molecule has 1 aliphatic heterocycles. The van der Waals surface area contributed by atoms with E-state index in [-0.39, 0.29) is 11.9 Å². The molecule has 0 spiro atoms. The molecule has 1 aromatic carbocycles. The molecule has 0 amide bonds. The second kappa shape index (κ2) is 4.70. The van der Waals surface area contributed by atoms with Crippen molar-refractivity contribution in [2.24, 2.45) is 5.92 Å². The van der Waals surface area contributed by atoms with E-state index >= 15 is 0 Å². The van der Waals surface area contributed by atoms with Gasteiger partial charge in [-0.3, -0.25) is 0 Å². The van der Waals surface area contributed by atoms with E-state index in [4.69, 9.17) is 11.6 Å². The Morgan fingerprint density at radius 2 is 2.12 bits per heavy atom. The van der Waals surface area contributed by atoms with Crippen molar-refractivity contribution in [3.05, 3.63) is 34.6 Å². The predicted molar refractivity (Wildman–Crippen MR) is 64.2 cm³/mol. The molecule has 1 fully saturated rings. The molecular weight excluding hydrogens is 227 g/mol. The molecule has 1 heterocycles. The van der Waals surface area contributed by atoms with E-state index in [0.717, 1.165) is 13.1 Å². The van der Waals surface area contributed by atoms with Crippen LogP contribution in [0.5, 0.6) is 0 Å². The van der Waals surface area contributed by atoms with Gasteiger partial charge in [-0.15, -0.1) is 0 Å². The molecule has 16 heavy (non-hydrogen) atoms. The fourth-order valence-electron chi connectivity index (χ4n) is 2.23. The first-order valence-electron chi connectivity index (χ1n) is 5.41. The normalized spacial score (nSPS) is 18.6. The van der Waals surface area contributed by atoms with Crippen LogP contribution in [0.3, 0.4) is 0 Å². The summed E-state index contributed by atoms with van der Waals surface area (Å²) in [6.07, 6.45) is 0. The van der Waals surface area contributed by atoms with Crippen molar-refractivity contribution in [1.82, 2.24) is 10.2 Å². The maximum Gasteiger partial charge on any atom is 0.128 e. The van der Waals surface area contributed by atoms with E-state index in [0.29, 0.717) is 16.5 Å². The zero-order chi connectivity index (χ0) is 11.7. The summed E-state index contributed by atoms with van der Waals surface area (Å²) in [6.45, 7) is 1.88. The van der Waals surface area contributed by atoms with Crippen LogP contribution < -0.4 is 5.32 Å². The summed E-state index contributed by atoms with van der Waals surface area (Å²) in [7, 11) is 3.95. The van der Waals surface area contributed by atoms with Crippen LogP contribution in [0.15, 0.2) is 18.2 Å². The number of hydrogen-bond donors (Lipinski definition) is 1. The van der Waals surface area contributed by atoms with E-state index in [9.17, 15) is 4.39 Å². The fourth-order valence-corrected chi connectivity index (χ4v) is 2.41. The number of benzene rings is 1. The highest BCUT2D eigenvalue weighted by atomic mass is 35.5. The Labute approximate surface area is 100 Å². The van der Waals surface area contributed by atoms with Gasteiger partial charge in [-0.05, 0) is 32.3 Å². The summed E-state index contributed by atoms with van der Waals surface area (Å²) in [5, 5.41) is 3.81. The largest absolute Gasteiger partial charge is 0.316 e. The number of nitrogens with one attached hydrogen (secondary N) is 1. The summed E-state index contributed by atoms with van der Waals surface area (Å²) >= 11 is 5.93. The van der Waals surface area contributed by atoms with Gasteiger partial charge >= 0.3 is 0 Å². The molecule has 1 atom stereocenters. The standard InChI is InChI=1S/C12H16ClFN2/c1-16(2)12(8-6-15-7-8)10-5-9(13)3-4-11(10)14/h3-5,8,12,15H,6-7H2,1-2H3. The van der Waals surface area contributed by atoms with Gasteiger partial charge in [0.05, 0.1) is 0 Å². The van der Waals surface area contributed by atoms with E-state index in [1.165, 1.54) is 6.07 Å². The van der Waals surface area contributed by atoms with Crippen molar-refractivity contribution in [1.29, 1.82) is 0 Å². The van der Waals surface area contributed by atoms with Crippen LogP contribution in [0, 0.1) is 11.7 Å². The van der Waals surface area contributed by atoms with E-state index in [2.05, 4.69) is 10.2 Å². The lowest BCUT2D eigenvalue weighted by atomic mass is 9.87. The van der Waals surface area contributed by atoms with Crippen molar-refractivity contribution in [2.75, 3.05) is 27.2 Å². The Bertz CT molecular complexity index is 377. The Kier molecular flexibility index (Phi) is 3.47. The van der Waals surface area contributed by atoms with Crippen LogP contribution in [-0.2, 0) is 0 Å². The van der Waals surface area contributed by atoms with Crippen molar-refractivity contribution in [2.45, 2.75) is 6.04 Å². The maximum absolute atomic E-state index is 13.8. The summed E-state index contributed by atoms with van der Waals surface area (Å²) in [5.74, 6) is 0.290. The van der Waals surface area contributed by atoms with Gasteiger partial charge < -0.3 is 10.2 Å². The molecule has 1 aliphatic rings. The summed E-state index contributed by atoms with van der Waals surface area (Å²) < 4.78 is 13.8. The first-order valence-corrected chi connectivity index (χ1v) is 5.79. The molecule has 0 radical (unpaired) electrons. The molecular formula is C12H16ClFN2. The Balaban J connectivity index is 2.33. The van der Waals surface area contributed by atoms with Gasteiger partial charge in [-0.1, -0.05) is 11.6 Å². The third kappa shape index (κ3) is 2.21. The zero-order valence-electron chi connectivity index (χ0n) is 9.50. The topological polar surface area (TPSA) is 15.3 Å². The highest BCUT2D eigenvalue weighted by Crippen LogP contribution is 2.32. The minimum absolute atomic E-state index is 0.0972. The minimum Gasteiger partial charge on any atom is -0.316 e. The second-order valence-corrected chi connectivity index (χ2v) is 4.93. The Morgan fingerprint density at radius 1 is 1.44 bits per heavy atom. The lowest BCUT2D eigenvalue weighted by molar-refractivity contribution is 0.157. The molecule has 0 aromatic heterocycles. The molecule has 1 aromatic rings. The summed E-state index contributed by atoms with van der Waals surface area (Å²) in [5.41, 5.74) is 0.698. The average molecular weight is 243 g/mol. The van der Waals surface area contributed by atoms with Gasteiger partial charge in [-0.25, -0.2) is 4.39 Å². The molecule has 88 valence electrons. The molecule has 2 rings (SSSR count). The van der Waals surface area contributed by atoms with Crippen LogP contribution in [0.25, 0.3) is 0 Å². The summed E-state index contributed by atoms with van der Waals surface area (Å²) in [6, 6.07) is 4.87. The number of rotatable bonds is 3. The fraction of sp³-hybridized carbons (Fsp3) is 0.500. The van der Waals surface area contributed by atoms with Gasteiger partial charge in [0.2, 0.25) is 0 Å². The zero-order valence-corrected chi connectivity index (χ0v) is 10.3. The Hall–Kier alpha value is -0.640. The van der Waals surface area contributed by atoms with Gasteiger partial charge in [0, 0.05) is 35.6 Å².